The van der Waals surface area contributed by atoms with E-state index in [2.05, 4.69) is 24.1 Å². The normalized spacial score (nSPS) is 29.1. The number of piperidine rings is 1. The quantitative estimate of drug-likeness (QED) is 0.756. The molecule has 5 nitrogen and oxygen atoms in total. The topological polar surface area (TPSA) is 44.8 Å². The number of methoxy groups -OCH3 is 1. The monoisotopic (exact) mass is 255 g/mol. The molecule has 0 aromatic carbocycles. The van der Waals surface area contributed by atoms with Gasteiger partial charge in [-0.25, -0.2) is 4.79 Å². The molecule has 1 unspecified atom stereocenters. The molecule has 2 aliphatic rings. The molecule has 1 N–H and O–H groups in total. The summed E-state index contributed by atoms with van der Waals surface area (Å²) in [4.78, 5) is 15.8. The molecule has 2 heterocycles. The highest BCUT2D eigenvalue weighted by Gasteiger charge is 2.37. The molecule has 18 heavy (non-hydrogen) atoms. The van der Waals surface area contributed by atoms with E-state index in [1.165, 1.54) is 20.0 Å². The van der Waals surface area contributed by atoms with Crippen molar-refractivity contribution in [1.29, 1.82) is 0 Å². The molecule has 0 saturated carbocycles. The first-order valence-electron chi connectivity index (χ1n) is 6.86. The van der Waals surface area contributed by atoms with Gasteiger partial charge in [0.15, 0.2) is 0 Å². The Morgan fingerprint density at radius 1 is 1.28 bits per heavy atom. The lowest BCUT2D eigenvalue weighted by atomic mass is 9.85. The van der Waals surface area contributed by atoms with Crippen LogP contribution in [0, 0.1) is 0 Å². The van der Waals surface area contributed by atoms with Crippen LogP contribution in [0.25, 0.3) is 0 Å². The Morgan fingerprint density at radius 2 is 1.94 bits per heavy atom. The molecule has 0 bridgehead atoms. The lowest BCUT2D eigenvalue weighted by Crippen LogP contribution is -2.63. The van der Waals surface area contributed by atoms with Crippen molar-refractivity contribution < 1.29 is 9.53 Å². The first-order chi connectivity index (χ1) is 8.54. The molecule has 0 aliphatic carbocycles. The third kappa shape index (κ3) is 2.78. The fourth-order valence-corrected chi connectivity index (χ4v) is 3.17. The van der Waals surface area contributed by atoms with Crippen molar-refractivity contribution in [1.82, 2.24) is 15.1 Å². The minimum absolute atomic E-state index is 0.172. The molecule has 5 heteroatoms. The molecule has 1 amide bonds. The number of piperazine rings is 1. The third-order valence-electron chi connectivity index (χ3n) is 4.26. The molecule has 2 aliphatic heterocycles. The first kappa shape index (κ1) is 13.6. The van der Waals surface area contributed by atoms with Gasteiger partial charge in [-0.15, -0.1) is 0 Å². The van der Waals surface area contributed by atoms with Gasteiger partial charge in [0.25, 0.3) is 0 Å². The Hall–Kier alpha value is -0.810. The average Bonchev–Trinajstić information content (AvgIpc) is 2.37. The van der Waals surface area contributed by atoms with E-state index in [1.54, 1.807) is 4.90 Å². The van der Waals surface area contributed by atoms with Crippen molar-refractivity contribution in [2.45, 2.75) is 38.3 Å². The van der Waals surface area contributed by atoms with Crippen LogP contribution >= 0.6 is 0 Å². The molecule has 0 spiro atoms. The summed E-state index contributed by atoms with van der Waals surface area (Å²) in [6.45, 7) is 9.13. The number of rotatable bonds is 1. The van der Waals surface area contributed by atoms with E-state index in [1.807, 2.05) is 0 Å². The molecule has 0 aromatic rings. The summed E-state index contributed by atoms with van der Waals surface area (Å²) in [6.07, 6.45) is 2.29. The van der Waals surface area contributed by atoms with Crippen LogP contribution in [0.4, 0.5) is 4.79 Å². The maximum Gasteiger partial charge on any atom is 0.409 e. The van der Waals surface area contributed by atoms with E-state index >= 15 is 0 Å². The summed E-state index contributed by atoms with van der Waals surface area (Å²) in [7, 11) is 1.45. The fourth-order valence-electron chi connectivity index (χ4n) is 3.17. The predicted molar refractivity (Wildman–Crippen MR) is 70.7 cm³/mol. The number of hydrogen-bond acceptors (Lipinski definition) is 4. The van der Waals surface area contributed by atoms with Crippen LogP contribution in [0.5, 0.6) is 0 Å². The summed E-state index contributed by atoms with van der Waals surface area (Å²) in [6, 6.07) is 0.575. The zero-order chi connectivity index (χ0) is 13.2. The molecule has 2 saturated heterocycles. The summed E-state index contributed by atoms with van der Waals surface area (Å²) < 4.78 is 4.77. The molecule has 104 valence electrons. The second-order valence-electron chi connectivity index (χ2n) is 5.80. The van der Waals surface area contributed by atoms with Crippen LogP contribution < -0.4 is 5.32 Å². The van der Waals surface area contributed by atoms with Gasteiger partial charge in [-0.3, -0.25) is 4.90 Å². The standard InChI is InChI=1S/C13H25N3O2/c1-13(2)11(5-4-6-14-13)15-7-9-16(10-8-15)12(17)18-3/h11,14H,4-10H2,1-3H3. The molecular formula is C13H25N3O2. The largest absolute Gasteiger partial charge is 0.453 e. The summed E-state index contributed by atoms with van der Waals surface area (Å²) in [5.74, 6) is 0. The second-order valence-corrected chi connectivity index (χ2v) is 5.80. The van der Waals surface area contributed by atoms with Crippen LogP contribution in [-0.4, -0.2) is 67.3 Å². The molecule has 2 fully saturated rings. The van der Waals surface area contributed by atoms with Crippen molar-refractivity contribution in [3.05, 3.63) is 0 Å². The van der Waals surface area contributed by atoms with Crippen LogP contribution in [0.3, 0.4) is 0 Å². The van der Waals surface area contributed by atoms with Crippen LogP contribution in [0.2, 0.25) is 0 Å². The van der Waals surface area contributed by atoms with Gasteiger partial charge < -0.3 is 15.0 Å². The lowest BCUT2D eigenvalue weighted by molar-refractivity contribution is 0.0358. The van der Waals surface area contributed by atoms with E-state index in [4.69, 9.17) is 4.74 Å². The third-order valence-corrected chi connectivity index (χ3v) is 4.26. The second kappa shape index (κ2) is 5.45. The highest BCUT2D eigenvalue weighted by atomic mass is 16.5. The highest BCUT2D eigenvalue weighted by molar-refractivity contribution is 5.67. The van der Waals surface area contributed by atoms with E-state index in [9.17, 15) is 4.79 Å². The number of carbonyl (C=O) groups is 1. The summed E-state index contributed by atoms with van der Waals surface area (Å²) in [5, 5.41) is 3.60. The average molecular weight is 255 g/mol. The van der Waals surface area contributed by atoms with Crippen LogP contribution in [0.15, 0.2) is 0 Å². The van der Waals surface area contributed by atoms with E-state index in [0.29, 0.717) is 6.04 Å². The Balaban J connectivity index is 1.91. The minimum Gasteiger partial charge on any atom is -0.453 e. The first-order valence-corrected chi connectivity index (χ1v) is 6.86. The van der Waals surface area contributed by atoms with Crippen molar-refractivity contribution in [3.8, 4) is 0 Å². The van der Waals surface area contributed by atoms with Crippen molar-refractivity contribution >= 4 is 6.09 Å². The molecule has 0 aromatic heterocycles. The zero-order valence-electron chi connectivity index (χ0n) is 11.7. The smallest absolute Gasteiger partial charge is 0.409 e. The van der Waals surface area contributed by atoms with Crippen molar-refractivity contribution in [2.24, 2.45) is 0 Å². The molecular weight excluding hydrogens is 230 g/mol. The maximum atomic E-state index is 11.5. The Kier molecular flexibility index (Phi) is 4.12. The van der Waals surface area contributed by atoms with Gasteiger partial charge in [-0.1, -0.05) is 0 Å². The van der Waals surface area contributed by atoms with Crippen molar-refractivity contribution in [2.75, 3.05) is 39.8 Å². The van der Waals surface area contributed by atoms with Gasteiger partial charge in [-0.2, -0.15) is 0 Å². The van der Waals surface area contributed by atoms with Gasteiger partial charge >= 0.3 is 6.09 Å². The summed E-state index contributed by atoms with van der Waals surface area (Å²) in [5.41, 5.74) is 0.172. The van der Waals surface area contributed by atoms with Gasteiger partial charge in [0.2, 0.25) is 0 Å². The van der Waals surface area contributed by atoms with Crippen molar-refractivity contribution in [3.63, 3.8) is 0 Å². The van der Waals surface area contributed by atoms with E-state index in [-0.39, 0.29) is 11.6 Å². The van der Waals surface area contributed by atoms with Gasteiger partial charge in [0.05, 0.1) is 7.11 Å². The highest BCUT2D eigenvalue weighted by Crippen LogP contribution is 2.25. The number of ether oxygens (including phenoxy) is 1. The number of nitrogens with zero attached hydrogens (tertiary/aromatic N) is 2. The summed E-state index contributed by atoms with van der Waals surface area (Å²) >= 11 is 0. The lowest BCUT2D eigenvalue weighted by Gasteiger charge is -2.48. The van der Waals surface area contributed by atoms with Gasteiger partial charge in [0.1, 0.15) is 0 Å². The Bertz CT molecular complexity index is 299. The number of hydrogen-bond donors (Lipinski definition) is 1. The fraction of sp³-hybridized carbons (Fsp3) is 0.923. The number of amides is 1. The maximum absolute atomic E-state index is 11.5. The molecule has 2 rings (SSSR count). The van der Waals surface area contributed by atoms with E-state index < -0.39 is 0 Å². The molecule has 0 radical (unpaired) electrons. The number of nitrogens with one attached hydrogen (secondary N) is 1. The number of carbonyl (C=O) groups excluding carboxylic acids is 1. The predicted octanol–water partition coefficient (Wildman–Crippen LogP) is 0.901. The van der Waals surface area contributed by atoms with Gasteiger partial charge in [0, 0.05) is 37.8 Å². The molecule has 1 atom stereocenters. The zero-order valence-corrected chi connectivity index (χ0v) is 11.7. The van der Waals surface area contributed by atoms with Crippen LogP contribution in [-0.2, 0) is 4.74 Å². The Morgan fingerprint density at radius 3 is 2.50 bits per heavy atom. The van der Waals surface area contributed by atoms with Crippen LogP contribution in [0.1, 0.15) is 26.7 Å². The minimum atomic E-state index is -0.198. The van der Waals surface area contributed by atoms with Gasteiger partial charge in [-0.05, 0) is 33.2 Å². The Labute approximate surface area is 109 Å². The van der Waals surface area contributed by atoms with E-state index in [0.717, 1.165) is 32.7 Å². The SMILES string of the molecule is COC(=O)N1CCN(C2CCCNC2(C)C)CC1.